The second-order valence-electron chi connectivity index (χ2n) is 6.28. The minimum atomic E-state index is -4.17. The molecule has 1 aliphatic carbocycles. The Balaban J connectivity index is 1.65. The van der Waals surface area contributed by atoms with Crippen molar-refractivity contribution in [2.24, 2.45) is 0 Å². The van der Waals surface area contributed by atoms with E-state index >= 15 is 0 Å². The van der Waals surface area contributed by atoms with Crippen molar-refractivity contribution < 1.29 is 22.4 Å². The number of rotatable bonds is 6. The van der Waals surface area contributed by atoms with Crippen LogP contribution in [0, 0.1) is 0 Å². The van der Waals surface area contributed by atoms with Gasteiger partial charge in [0.1, 0.15) is 0 Å². The molecule has 6 nitrogen and oxygen atoms in total. The van der Waals surface area contributed by atoms with Gasteiger partial charge in [0.2, 0.25) is 0 Å². The van der Waals surface area contributed by atoms with Gasteiger partial charge in [-0.1, -0.05) is 30.3 Å². The van der Waals surface area contributed by atoms with Crippen LogP contribution in [-0.2, 0) is 26.2 Å². The van der Waals surface area contributed by atoms with E-state index in [1.165, 1.54) is 5.56 Å². The molecule has 1 saturated heterocycles. The van der Waals surface area contributed by atoms with E-state index in [0.717, 1.165) is 32.1 Å². The van der Waals surface area contributed by atoms with Gasteiger partial charge in [-0.2, -0.15) is 13.1 Å². The highest BCUT2D eigenvalue weighted by Gasteiger charge is 2.48. The van der Waals surface area contributed by atoms with Crippen LogP contribution in [-0.4, -0.2) is 37.5 Å². The third-order valence-electron chi connectivity index (χ3n) is 4.51. The van der Waals surface area contributed by atoms with E-state index in [2.05, 4.69) is 16.9 Å². The van der Waals surface area contributed by atoms with Crippen LogP contribution in [0.3, 0.4) is 0 Å². The number of benzene rings is 1. The van der Waals surface area contributed by atoms with Crippen LogP contribution in [0.4, 0.5) is 0 Å². The Bertz CT molecular complexity index is 613. The molecule has 2 aliphatic rings. The van der Waals surface area contributed by atoms with Crippen LogP contribution in [0.25, 0.3) is 0 Å². The smallest absolute Gasteiger partial charge is 0.333 e. The molecule has 0 bridgehead atoms. The molecule has 0 radical (unpaired) electrons. The van der Waals surface area contributed by atoms with E-state index < -0.39 is 16.1 Å². The molecule has 1 aromatic rings. The summed E-state index contributed by atoms with van der Waals surface area (Å²) < 4.78 is 44.9. The monoisotopic (exact) mass is 341 g/mol. The van der Waals surface area contributed by atoms with Crippen molar-refractivity contribution >= 4 is 10.3 Å². The number of hydrogen-bond acceptors (Lipinski definition) is 4. The molecule has 1 spiro atoms. The van der Waals surface area contributed by atoms with Gasteiger partial charge < -0.3 is 9.47 Å². The van der Waals surface area contributed by atoms with Crippen LogP contribution >= 0.6 is 0 Å². The van der Waals surface area contributed by atoms with E-state index in [-0.39, 0.29) is 18.8 Å². The lowest BCUT2D eigenvalue weighted by Gasteiger charge is -2.22. The molecule has 7 heteroatoms. The Morgan fingerprint density at radius 1 is 1.13 bits per heavy atom. The number of nitrogens with one attached hydrogen (secondary N) is 1. The lowest BCUT2D eigenvalue weighted by Crippen LogP contribution is -2.31. The second-order valence-corrected chi connectivity index (χ2v) is 7.52. The van der Waals surface area contributed by atoms with E-state index in [1.807, 2.05) is 18.2 Å². The maximum atomic E-state index is 10.8. The first kappa shape index (κ1) is 16.9. The van der Waals surface area contributed by atoms with Crippen LogP contribution in [0.15, 0.2) is 30.3 Å². The maximum Gasteiger partial charge on any atom is 0.333 e. The van der Waals surface area contributed by atoms with Gasteiger partial charge in [-0.25, -0.2) is 0 Å². The number of ether oxygens (including phenoxy) is 2. The summed E-state index contributed by atoms with van der Waals surface area (Å²) in [6, 6.07) is 10.1. The summed E-state index contributed by atoms with van der Waals surface area (Å²) in [6.07, 6.45) is 4.89. The molecule has 2 N–H and O–H groups in total. The molecule has 1 heterocycles. The molecular weight excluding hydrogens is 318 g/mol. The standard InChI is InChI=1S/C16H23NO5S/c18-23(19,20)17-11-8-14-15(12-13-6-2-1-3-7-13)22-16(21-14)9-4-5-10-16/h1-3,6-7,14-15,17H,4-5,8-12H2,(H,18,19,20). The first-order chi connectivity index (χ1) is 11.0. The Morgan fingerprint density at radius 2 is 1.78 bits per heavy atom. The predicted octanol–water partition coefficient (Wildman–Crippen LogP) is 2.07. The van der Waals surface area contributed by atoms with Gasteiger partial charge in [0.25, 0.3) is 0 Å². The van der Waals surface area contributed by atoms with Crippen LogP contribution in [0.5, 0.6) is 0 Å². The van der Waals surface area contributed by atoms with Gasteiger partial charge in [-0.3, -0.25) is 4.55 Å². The van der Waals surface area contributed by atoms with Crippen LogP contribution in [0.1, 0.15) is 37.7 Å². The highest BCUT2D eigenvalue weighted by Crippen LogP contribution is 2.43. The Hall–Kier alpha value is -0.990. The fraction of sp³-hybridized carbons (Fsp3) is 0.625. The molecule has 0 amide bonds. The Morgan fingerprint density at radius 3 is 2.43 bits per heavy atom. The number of hydrogen-bond donors (Lipinski definition) is 2. The molecule has 2 fully saturated rings. The molecular formula is C16H23NO5S. The Kier molecular flexibility index (Phi) is 5.03. The summed E-state index contributed by atoms with van der Waals surface area (Å²) in [5, 5.41) is 0. The van der Waals surface area contributed by atoms with Gasteiger partial charge in [0, 0.05) is 25.8 Å². The second kappa shape index (κ2) is 6.86. The highest BCUT2D eigenvalue weighted by atomic mass is 32.2. The van der Waals surface area contributed by atoms with Crippen LogP contribution in [0.2, 0.25) is 0 Å². The van der Waals surface area contributed by atoms with Gasteiger partial charge in [0.05, 0.1) is 12.2 Å². The minimum Gasteiger partial charge on any atom is -0.344 e. The molecule has 1 saturated carbocycles. The average Bonchev–Trinajstić information content (AvgIpc) is 3.07. The molecule has 2 unspecified atom stereocenters. The van der Waals surface area contributed by atoms with Gasteiger partial charge in [0.15, 0.2) is 5.79 Å². The summed E-state index contributed by atoms with van der Waals surface area (Å²) >= 11 is 0. The SMILES string of the molecule is O=S(=O)(O)NCCC1OC2(CCCC2)OC1Cc1ccccc1. The molecule has 128 valence electrons. The summed E-state index contributed by atoms with van der Waals surface area (Å²) in [5.41, 5.74) is 1.17. The zero-order chi connectivity index (χ0) is 16.3. The summed E-state index contributed by atoms with van der Waals surface area (Å²) in [4.78, 5) is 0. The lowest BCUT2D eigenvalue weighted by atomic mass is 10.0. The quantitative estimate of drug-likeness (QED) is 0.774. The third-order valence-corrected chi connectivity index (χ3v) is 5.07. The zero-order valence-corrected chi connectivity index (χ0v) is 13.8. The summed E-state index contributed by atoms with van der Waals surface area (Å²) in [7, 11) is -4.17. The van der Waals surface area contributed by atoms with E-state index in [4.69, 9.17) is 14.0 Å². The topological polar surface area (TPSA) is 84.9 Å². The van der Waals surface area contributed by atoms with Crippen molar-refractivity contribution in [2.45, 2.75) is 56.5 Å². The van der Waals surface area contributed by atoms with E-state index in [9.17, 15) is 8.42 Å². The molecule has 3 rings (SSSR count). The average molecular weight is 341 g/mol. The zero-order valence-electron chi connectivity index (χ0n) is 13.0. The van der Waals surface area contributed by atoms with Gasteiger partial charge in [-0.15, -0.1) is 0 Å². The highest BCUT2D eigenvalue weighted by molar-refractivity contribution is 7.83. The summed E-state index contributed by atoms with van der Waals surface area (Å²) in [6.45, 7) is 0.133. The maximum absolute atomic E-state index is 10.8. The van der Waals surface area contributed by atoms with Gasteiger partial charge in [-0.05, 0) is 24.8 Å². The third kappa shape index (κ3) is 4.51. The fourth-order valence-electron chi connectivity index (χ4n) is 3.48. The molecule has 0 aromatic heterocycles. The molecule has 1 aromatic carbocycles. The lowest BCUT2D eigenvalue weighted by molar-refractivity contribution is -0.169. The minimum absolute atomic E-state index is 0.0984. The summed E-state index contributed by atoms with van der Waals surface area (Å²) in [5.74, 6) is -0.498. The van der Waals surface area contributed by atoms with Crippen molar-refractivity contribution in [2.75, 3.05) is 6.54 Å². The molecule has 1 aliphatic heterocycles. The van der Waals surface area contributed by atoms with Crippen molar-refractivity contribution in [1.29, 1.82) is 0 Å². The molecule has 23 heavy (non-hydrogen) atoms. The van der Waals surface area contributed by atoms with Crippen molar-refractivity contribution in [3.8, 4) is 0 Å². The van der Waals surface area contributed by atoms with E-state index in [1.54, 1.807) is 0 Å². The largest absolute Gasteiger partial charge is 0.344 e. The Labute approximate surface area is 137 Å². The van der Waals surface area contributed by atoms with E-state index in [0.29, 0.717) is 6.42 Å². The van der Waals surface area contributed by atoms with Gasteiger partial charge >= 0.3 is 10.3 Å². The van der Waals surface area contributed by atoms with Crippen LogP contribution < -0.4 is 4.72 Å². The molecule has 2 atom stereocenters. The predicted molar refractivity (Wildman–Crippen MR) is 85.3 cm³/mol. The fourth-order valence-corrected chi connectivity index (χ4v) is 3.85. The van der Waals surface area contributed by atoms with Crippen molar-refractivity contribution in [1.82, 2.24) is 4.72 Å². The van der Waals surface area contributed by atoms with Crippen molar-refractivity contribution in [3.63, 3.8) is 0 Å². The first-order valence-corrected chi connectivity index (χ1v) is 9.51. The normalized spacial score (nSPS) is 26.8. The van der Waals surface area contributed by atoms with Crippen molar-refractivity contribution in [3.05, 3.63) is 35.9 Å². The first-order valence-electron chi connectivity index (χ1n) is 8.07.